The lowest BCUT2D eigenvalue weighted by Crippen LogP contribution is -2.27. The van der Waals surface area contributed by atoms with Gasteiger partial charge in [-0.3, -0.25) is 4.79 Å². The van der Waals surface area contributed by atoms with E-state index in [4.69, 9.17) is 0 Å². The van der Waals surface area contributed by atoms with E-state index in [2.05, 4.69) is 20.0 Å². The lowest BCUT2D eigenvalue weighted by molar-refractivity contribution is -0.118. The zero-order valence-electron chi connectivity index (χ0n) is 15.5. The van der Waals surface area contributed by atoms with E-state index >= 15 is 0 Å². The van der Waals surface area contributed by atoms with Gasteiger partial charge in [0, 0.05) is 16.8 Å². The molecule has 1 aromatic carbocycles. The van der Waals surface area contributed by atoms with E-state index in [1.165, 1.54) is 40.8 Å². The number of fused-ring (bicyclic) bond motifs is 3. The second-order valence-corrected chi connectivity index (χ2v) is 8.68. The number of amides is 1. The van der Waals surface area contributed by atoms with Crippen LogP contribution in [0.2, 0.25) is 0 Å². The third-order valence-electron chi connectivity index (χ3n) is 4.69. The summed E-state index contributed by atoms with van der Waals surface area (Å²) in [7, 11) is 0. The van der Waals surface area contributed by atoms with Crippen molar-refractivity contribution in [2.24, 2.45) is 0 Å². The number of alkyl halides is 2. The maximum Gasteiger partial charge on any atom is 0.387 e. The van der Waals surface area contributed by atoms with E-state index in [-0.39, 0.29) is 17.4 Å². The molecule has 0 saturated carbocycles. The molecule has 0 bridgehead atoms. The minimum absolute atomic E-state index is 0.0636. The average Bonchev–Trinajstić information content (AvgIpc) is 3.28. The lowest BCUT2D eigenvalue weighted by atomic mass is 10.1. The van der Waals surface area contributed by atoms with Gasteiger partial charge < -0.3 is 10.1 Å². The fourth-order valence-electron chi connectivity index (χ4n) is 3.38. The Labute approximate surface area is 174 Å². The monoisotopic (exact) mass is 435 g/mol. The summed E-state index contributed by atoms with van der Waals surface area (Å²) in [5.74, 6) is 0.351. The molecule has 0 atom stereocenters. The summed E-state index contributed by atoms with van der Waals surface area (Å²) in [4.78, 5) is 23.4. The van der Waals surface area contributed by atoms with Crippen LogP contribution in [0.1, 0.15) is 22.4 Å². The highest BCUT2D eigenvalue weighted by atomic mass is 32.2. The lowest BCUT2D eigenvalue weighted by Gasteiger charge is -2.07. The number of rotatable bonds is 8. The molecule has 0 spiro atoms. The maximum absolute atomic E-state index is 12.2. The van der Waals surface area contributed by atoms with E-state index in [9.17, 15) is 13.6 Å². The number of carbonyl (C=O) groups is 1. The van der Waals surface area contributed by atoms with Crippen LogP contribution >= 0.6 is 23.1 Å². The van der Waals surface area contributed by atoms with Crippen LogP contribution in [0.4, 0.5) is 8.78 Å². The molecule has 5 nitrogen and oxygen atoms in total. The van der Waals surface area contributed by atoms with Gasteiger partial charge >= 0.3 is 6.61 Å². The molecule has 2 aromatic heterocycles. The summed E-state index contributed by atoms with van der Waals surface area (Å²) < 4.78 is 28.6. The van der Waals surface area contributed by atoms with Gasteiger partial charge in [0.15, 0.2) is 0 Å². The number of benzene rings is 1. The highest BCUT2D eigenvalue weighted by molar-refractivity contribution is 8.00. The first-order valence-electron chi connectivity index (χ1n) is 9.28. The second kappa shape index (κ2) is 9.04. The van der Waals surface area contributed by atoms with Crippen molar-refractivity contribution in [1.82, 2.24) is 15.3 Å². The van der Waals surface area contributed by atoms with Crippen LogP contribution in [0, 0.1) is 0 Å². The maximum atomic E-state index is 12.2. The Morgan fingerprint density at radius 1 is 1.24 bits per heavy atom. The summed E-state index contributed by atoms with van der Waals surface area (Å²) in [5, 5.41) is 4.88. The summed E-state index contributed by atoms with van der Waals surface area (Å²) in [6, 6.07) is 6.43. The summed E-state index contributed by atoms with van der Waals surface area (Å²) in [5.41, 5.74) is 2.29. The van der Waals surface area contributed by atoms with Gasteiger partial charge in [0.2, 0.25) is 5.91 Å². The Morgan fingerprint density at radius 3 is 2.86 bits per heavy atom. The molecule has 1 aliphatic rings. The van der Waals surface area contributed by atoms with E-state index < -0.39 is 6.61 Å². The number of aryl methyl sites for hydroxylation is 2. The van der Waals surface area contributed by atoms with Crippen molar-refractivity contribution in [2.75, 3.05) is 12.3 Å². The number of nitrogens with zero attached hydrogens (tertiary/aromatic N) is 2. The molecule has 1 aliphatic carbocycles. The Bertz CT molecular complexity index is 1010. The predicted octanol–water partition coefficient (Wildman–Crippen LogP) is 4.23. The topological polar surface area (TPSA) is 64.1 Å². The molecule has 2 heterocycles. The van der Waals surface area contributed by atoms with Gasteiger partial charge in [0.25, 0.3) is 0 Å². The first kappa shape index (κ1) is 20.0. The summed E-state index contributed by atoms with van der Waals surface area (Å²) in [6.07, 6.45) is 5.52. The van der Waals surface area contributed by atoms with Crippen molar-refractivity contribution >= 4 is 39.2 Å². The molecule has 4 rings (SSSR count). The summed E-state index contributed by atoms with van der Waals surface area (Å²) in [6.45, 7) is -2.36. The van der Waals surface area contributed by atoms with Gasteiger partial charge in [0.05, 0.1) is 5.75 Å². The standard InChI is InChI=1S/C20H19F2N3O2S2/c21-20(22)27-13-6-4-12(5-7-13)8-9-23-16(26)10-28-18-17-14-2-1-3-15(14)29-19(17)25-11-24-18/h4-7,11,20H,1-3,8-10H2,(H,23,26). The van der Waals surface area contributed by atoms with Crippen LogP contribution in [0.3, 0.4) is 0 Å². The molecule has 0 aliphatic heterocycles. The van der Waals surface area contributed by atoms with Gasteiger partial charge in [-0.15, -0.1) is 11.3 Å². The Morgan fingerprint density at radius 2 is 2.07 bits per heavy atom. The highest BCUT2D eigenvalue weighted by Crippen LogP contribution is 2.39. The SMILES string of the molecule is O=C(CSc1ncnc2sc3c(c12)CCC3)NCCc1ccc(OC(F)F)cc1. The molecular formula is C20H19F2N3O2S2. The number of thiophene rings is 1. The molecule has 9 heteroatoms. The van der Waals surface area contributed by atoms with Crippen molar-refractivity contribution in [3.8, 4) is 5.75 Å². The van der Waals surface area contributed by atoms with Crippen LogP contribution in [-0.4, -0.2) is 34.8 Å². The van der Waals surface area contributed by atoms with Crippen LogP contribution < -0.4 is 10.1 Å². The third kappa shape index (κ3) is 4.84. The molecule has 152 valence electrons. The third-order valence-corrected chi connectivity index (χ3v) is 6.88. The fourth-order valence-corrected chi connectivity index (χ4v) is 5.53. The van der Waals surface area contributed by atoms with Gasteiger partial charge in [0.1, 0.15) is 21.9 Å². The number of nitrogens with one attached hydrogen (secondary N) is 1. The normalized spacial score (nSPS) is 13.1. The molecule has 1 amide bonds. The molecular weight excluding hydrogens is 416 g/mol. The molecule has 29 heavy (non-hydrogen) atoms. The predicted molar refractivity (Wildman–Crippen MR) is 110 cm³/mol. The average molecular weight is 436 g/mol. The van der Waals surface area contributed by atoms with Gasteiger partial charge in [-0.05, 0) is 48.9 Å². The number of halogens is 2. The minimum Gasteiger partial charge on any atom is -0.435 e. The van der Waals surface area contributed by atoms with E-state index in [0.29, 0.717) is 13.0 Å². The van der Waals surface area contributed by atoms with Crippen molar-refractivity contribution in [3.05, 3.63) is 46.6 Å². The Balaban J connectivity index is 1.27. The van der Waals surface area contributed by atoms with E-state index in [0.717, 1.165) is 33.6 Å². The van der Waals surface area contributed by atoms with E-state index in [1.54, 1.807) is 29.8 Å². The van der Waals surface area contributed by atoms with Crippen molar-refractivity contribution in [2.45, 2.75) is 37.3 Å². The number of carbonyl (C=O) groups excluding carboxylic acids is 1. The van der Waals surface area contributed by atoms with Crippen LogP contribution in [0.15, 0.2) is 35.6 Å². The van der Waals surface area contributed by atoms with Crippen molar-refractivity contribution in [1.29, 1.82) is 0 Å². The highest BCUT2D eigenvalue weighted by Gasteiger charge is 2.21. The van der Waals surface area contributed by atoms with Gasteiger partial charge in [-0.2, -0.15) is 8.78 Å². The zero-order chi connectivity index (χ0) is 20.2. The molecule has 0 radical (unpaired) electrons. The van der Waals surface area contributed by atoms with Crippen molar-refractivity contribution < 1.29 is 18.3 Å². The number of hydrogen-bond acceptors (Lipinski definition) is 6. The van der Waals surface area contributed by atoms with Crippen LogP contribution in [-0.2, 0) is 24.1 Å². The second-order valence-electron chi connectivity index (χ2n) is 6.63. The van der Waals surface area contributed by atoms with Crippen LogP contribution in [0.5, 0.6) is 5.75 Å². The van der Waals surface area contributed by atoms with Gasteiger partial charge in [-0.25, -0.2) is 9.97 Å². The molecule has 1 N–H and O–H groups in total. The van der Waals surface area contributed by atoms with E-state index in [1.807, 2.05) is 0 Å². The molecule has 0 fully saturated rings. The quantitative estimate of drug-likeness (QED) is 0.424. The number of hydrogen-bond donors (Lipinski definition) is 1. The minimum atomic E-state index is -2.83. The van der Waals surface area contributed by atoms with Crippen molar-refractivity contribution in [3.63, 3.8) is 0 Å². The smallest absolute Gasteiger partial charge is 0.387 e. The molecule has 0 saturated heterocycles. The van der Waals surface area contributed by atoms with Gasteiger partial charge in [-0.1, -0.05) is 23.9 Å². The number of aromatic nitrogens is 2. The largest absolute Gasteiger partial charge is 0.435 e. The molecule has 0 unspecified atom stereocenters. The first-order chi connectivity index (χ1) is 14.1. The fraction of sp³-hybridized carbons (Fsp3) is 0.350. The Kier molecular flexibility index (Phi) is 6.25. The van der Waals surface area contributed by atoms with Crippen LogP contribution in [0.25, 0.3) is 10.2 Å². The molecule has 3 aromatic rings. The first-order valence-corrected chi connectivity index (χ1v) is 11.1. The Hall–Kier alpha value is -2.26. The number of ether oxygens (including phenoxy) is 1. The zero-order valence-corrected chi connectivity index (χ0v) is 17.1. The summed E-state index contributed by atoms with van der Waals surface area (Å²) >= 11 is 3.17. The number of thioether (sulfide) groups is 1.